The SMILES string of the molecule is NCCCC(N=C/C=C/c1ccn[nH]1)C(=O)O. The van der Waals surface area contributed by atoms with Crippen molar-refractivity contribution < 1.29 is 9.90 Å². The molecule has 1 unspecified atom stereocenters. The summed E-state index contributed by atoms with van der Waals surface area (Å²) in [5.41, 5.74) is 6.16. The molecular formula is C11H16N4O2. The molecule has 0 spiro atoms. The van der Waals surface area contributed by atoms with Crippen molar-refractivity contribution in [3.05, 3.63) is 24.0 Å². The highest BCUT2D eigenvalue weighted by Crippen LogP contribution is 2.01. The predicted octanol–water partition coefficient (Wildman–Crippen LogP) is 0.686. The van der Waals surface area contributed by atoms with Gasteiger partial charge in [-0.3, -0.25) is 10.1 Å². The van der Waals surface area contributed by atoms with E-state index in [1.807, 2.05) is 0 Å². The average Bonchev–Trinajstić information content (AvgIpc) is 2.80. The lowest BCUT2D eigenvalue weighted by molar-refractivity contribution is -0.138. The van der Waals surface area contributed by atoms with Crippen molar-refractivity contribution in [2.75, 3.05) is 6.54 Å². The molecule has 0 aromatic carbocycles. The number of nitrogens with zero attached hydrogens (tertiary/aromatic N) is 2. The molecule has 0 aliphatic heterocycles. The number of nitrogens with two attached hydrogens (primary N) is 1. The Morgan fingerprint density at radius 1 is 1.71 bits per heavy atom. The van der Waals surface area contributed by atoms with Crippen molar-refractivity contribution in [2.45, 2.75) is 18.9 Å². The molecule has 6 nitrogen and oxygen atoms in total. The van der Waals surface area contributed by atoms with E-state index in [-0.39, 0.29) is 0 Å². The molecule has 0 bridgehead atoms. The Morgan fingerprint density at radius 2 is 2.53 bits per heavy atom. The van der Waals surface area contributed by atoms with Crippen molar-refractivity contribution in [2.24, 2.45) is 10.7 Å². The van der Waals surface area contributed by atoms with Crippen molar-refractivity contribution in [1.82, 2.24) is 10.2 Å². The van der Waals surface area contributed by atoms with Gasteiger partial charge in [-0.2, -0.15) is 5.10 Å². The van der Waals surface area contributed by atoms with E-state index < -0.39 is 12.0 Å². The zero-order valence-corrected chi connectivity index (χ0v) is 9.41. The summed E-state index contributed by atoms with van der Waals surface area (Å²) in [6, 6.07) is 1.08. The van der Waals surface area contributed by atoms with Gasteiger partial charge in [-0.15, -0.1) is 0 Å². The van der Waals surface area contributed by atoms with Crippen LogP contribution in [0, 0.1) is 0 Å². The molecule has 0 aliphatic rings. The maximum absolute atomic E-state index is 10.8. The van der Waals surface area contributed by atoms with Gasteiger partial charge in [0.05, 0.1) is 5.69 Å². The van der Waals surface area contributed by atoms with E-state index in [1.165, 1.54) is 6.21 Å². The van der Waals surface area contributed by atoms with E-state index in [9.17, 15) is 4.79 Å². The molecule has 0 aliphatic carbocycles. The fourth-order valence-electron chi connectivity index (χ4n) is 1.23. The van der Waals surface area contributed by atoms with Gasteiger partial charge in [0.25, 0.3) is 0 Å². The van der Waals surface area contributed by atoms with Crippen LogP contribution in [0.3, 0.4) is 0 Å². The largest absolute Gasteiger partial charge is 0.480 e. The molecule has 0 saturated carbocycles. The first kappa shape index (κ1) is 13.1. The van der Waals surface area contributed by atoms with Gasteiger partial charge in [0.2, 0.25) is 0 Å². The highest BCUT2D eigenvalue weighted by Gasteiger charge is 2.13. The van der Waals surface area contributed by atoms with E-state index >= 15 is 0 Å². The Kier molecular flexibility index (Phi) is 5.67. The van der Waals surface area contributed by atoms with E-state index in [2.05, 4.69) is 15.2 Å². The number of carboxylic acids is 1. The van der Waals surface area contributed by atoms with Gasteiger partial charge in [0, 0.05) is 12.4 Å². The Labute approximate surface area is 99.2 Å². The molecule has 0 amide bonds. The monoisotopic (exact) mass is 236 g/mol. The summed E-state index contributed by atoms with van der Waals surface area (Å²) >= 11 is 0. The standard InChI is InChI=1S/C11H16N4O2/c12-6-1-4-10(11(16)17)13-7-2-3-9-5-8-14-15-9/h2-3,5,7-8,10H,1,4,6,12H2,(H,14,15)(H,16,17)/b3-2+,13-7?. The van der Waals surface area contributed by atoms with Crippen LogP contribution < -0.4 is 5.73 Å². The minimum Gasteiger partial charge on any atom is -0.480 e. The number of allylic oxidation sites excluding steroid dienone is 1. The lowest BCUT2D eigenvalue weighted by Crippen LogP contribution is -2.19. The highest BCUT2D eigenvalue weighted by atomic mass is 16.4. The number of aliphatic carboxylic acids is 1. The molecule has 6 heteroatoms. The minimum absolute atomic E-state index is 0.459. The summed E-state index contributed by atoms with van der Waals surface area (Å²) in [7, 11) is 0. The van der Waals surface area contributed by atoms with Gasteiger partial charge >= 0.3 is 5.97 Å². The molecule has 1 rings (SSSR count). The number of aliphatic imine (C=N–C) groups is 1. The molecule has 1 heterocycles. The van der Waals surface area contributed by atoms with Crippen molar-refractivity contribution >= 4 is 18.3 Å². The first-order chi connectivity index (χ1) is 8.24. The molecule has 0 radical (unpaired) electrons. The number of rotatable bonds is 7. The summed E-state index contributed by atoms with van der Waals surface area (Å²) in [6.45, 7) is 0.475. The third-order valence-corrected chi connectivity index (χ3v) is 2.12. The van der Waals surface area contributed by atoms with Crippen LogP contribution >= 0.6 is 0 Å². The van der Waals surface area contributed by atoms with Crippen LogP contribution in [0.5, 0.6) is 0 Å². The molecule has 0 saturated heterocycles. The van der Waals surface area contributed by atoms with E-state index in [0.717, 1.165) is 5.69 Å². The van der Waals surface area contributed by atoms with Crippen LogP contribution in [0.15, 0.2) is 23.3 Å². The van der Waals surface area contributed by atoms with E-state index in [4.69, 9.17) is 10.8 Å². The van der Waals surface area contributed by atoms with Gasteiger partial charge in [0.15, 0.2) is 0 Å². The first-order valence-electron chi connectivity index (χ1n) is 5.36. The quantitative estimate of drug-likeness (QED) is 0.605. The summed E-state index contributed by atoms with van der Waals surface area (Å²) < 4.78 is 0. The number of aromatic nitrogens is 2. The lowest BCUT2D eigenvalue weighted by atomic mass is 10.1. The zero-order chi connectivity index (χ0) is 12.5. The van der Waals surface area contributed by atoms with Gasteiger partial charge in [-0.05, 0) is 37.6 Å². The van der Waals surface area contributed by atoms with Crippen molar-refractivity contribution in [3.8, 4) is 0 Å². The van der Waals surface area contributed by atoms with Crippen LogP contribution in [0.2, 0.25) is 0 Å². The molecule has 4 N–H and O–H groups in total. The average molecular weight is 236 g/mol. The highest BCUT2D eigenvalue weighted by molar-refractivity contribution is 5.81. The maximum Gasteiger partial charge on any atom is 0.328 e. The summed E-state index contributed by atoms with van der Waals surface area (Å²) in [4.78, 5) is 14.8. The first-order valence-corrected chi connectivity index (χ1v) is 5.36. The number of hydrogen-bond donors (Lipinski definition) is 3. The second kappa shape index (κ2) is 7.34. The lowest BCUT2D eigenvalue weighted by Gasteiger charge is -2.04. The van der Waals surface area contributed by atoms with Gasteiger partial charge in [-0.25, -0.2) is 4.79 Å². The molecule has 17 heavy (non-hydrogen) atoms. The Hall–Kier alpha value is -1.95. The molecule has 1 atom stereocenters. The fourth-order valence-corrected chi connectivity index (χ4v) is 1.23. The topological polar surface area (TPSA) is 104 Å². The van der Waals surface area contributed by atoms with Crippen LogP contribution in [0.25, 0.3) is 6.08 Å². The van der Waals surface area contributed by atoms with E-state index in [1.54, 1.807) is 24.4 Å². The zero-order valence-electron chi connectivity index (χ0n) is 9.41. The number of hydrogen-bond acceptors (Lipinski definition) is 4. The third-order valence-electron chi connectivity index (χ3n) is 2.12. The Bertz CT molecular complexity index is 384. The van der Waals surface area contributed by atoms with Crippen molar-refractivity contribution in [3.63, 3.8) is 0 Å². The van der Waals surface area contributed by atoms with Crippen LogP contribution in [0.4, 0.5) is 0 Å². The summed E-state index contributed by atoms with van der Waals surface area (Å²) in [6.07, 6.45) is 7.66. The van der Waals surface area contributed by atoms with Gasteiger partial charge < -0.3 is 10.8 Å². The van der Waals surface area contributed by atoms with Crippen molar-refractivity contribution in [1.29, 1.82) is 0 Å². The fraction of sp³-hybridized carbons (Fsp3) is 0.364. The van der Waals surface area contributed by atoms with E-state index in [0.29, 0.717) is 19.4 Å². The van der Waals surface area contributed by atoms with Crippen LogP contribution in [-0.4, -0.2) is 40.1 Å². The molecule has 1 aromatic rings. The number of carboxylic acid groups (broad SMARTS) is 1. The predicted molar refractivity (Wildman–Crippen MR) is 65.8 cm³/mol. The summed E-state index contributed by atoms with van der Waals surface area (Å²) in [5.74, 6) is -0.926. The number of nitrogens with one attached hydrogen (secondary N) is 1. The Morgan fingerprint density at radius 3 is 3.12 bits per heavy atom. The second-order valence-corrected chi connectivity index (χ2v) is 3.45. The minimum atomic E-state index is -0.926. The molecular weight excluding hydrogens is 220 g/mol. The number of carbonyl (C=O) groups is 1. The van der Waals surface area contributed by atoms with Crippen LogP contribution in [-0.2, 0) is 4.79 Å². The number of H-pyrrole nitrogens is 1. The summed E-state index contributed by atoms with van der Waals surface area (Å²) in [5, 5.41) is 15.4. The van der Waals surface area contributed by atoms with Gasteiger partial charge in [-0.1, -0.05) is 0 Å². The second-order valence-electron chi connectivity index (χ2n) is 3.45. The van der Waals surface area contributed by atoms with Crippen LogP contribution in [0.1, 0.15) is 18.5 Å². The number of aromatic amines is 1. The normalized spacial score (nSPS) is 13.5. The smallest absolute Gasteiger partial charge is 0.328 e. The molecule has 92 valence electrons. The molecule has 1 aromatic heterocycles. The molecule has 0 fully saturated rings. The Balaban J connectivity index is 2.46. The maximum atomic E-state index is 10.8. The third kappa shape index (κ3) is 5.07. The van der Waals surface area contributed by atoms with Gasteiger partial charge in [0.1, 0.15) is 6.04 Å².